The van der Waals surface area contributed by atoms with Gasteiger partial charge >= 0.3 is 0 Å². The van der Waals surface area contributed by atoms with Crippen LogP contribution in [0.4, 0.5) is 30.2 Å². The van der Waals surface area contributed by atoms with Gasteiger partial charge in [0.2, 0.25) is 17.7 Å². The molecule has 0 heterocycles. The first kappa shape index (κ1) is 20.0. The van der Waals surface area contributed by atoms with Crippen LogP contribution in [0.25, 0.3) is 0 Å². The van der Waals surface area contributed by atoms with Crippen LogP contribution in [-0.2, 0) is 14.4 Å². The van der Waals surface area contributed by atoms with Crippen molar-refractivity contribution in [3.05, 3.63) is 53.8 Å². The lowest BCUT2D eigenvalue weighted by atomic mass is 10.2. The first-order valence-corrected chi connectivity index (χ1v) is 7.78. The molecule has 142 valence electrons. The molecule has 0 saturated carbocycles. The SMILES string of the molecule is CC(=O)Nc1cccc(NC(=O)CN(C(C)=O)c2ccc(F)c(F)c2F)c1. The van der Waals surface area contributed by atoms with E-state index >= 15 is 0 Å². The van der Waals surface area contributed by atoms with E-state index in [9.17, 15) is 27.6 Å². The highest BCUT2D eigenvalue weighted by atomic mass is 19.2. The zero-order valence-corrected chi connectivity index (χ0v) is 14.5. The number of carbonyl (C=O) groups is 3. The third kappa shape index (κ3) is 5.06. The zero-order chi connectivity index (χ0) is 20.1. The van der Waals surface area contributed by atoms with Gasteiger partial charge in [-0.2, -0.15) is 0 Å². The van der Waals surface area contributed by atoms with Crippen molar-refractivity contribution >= 4 is 34.8 Å². The van der Waals surface area contributed by atoms with Gasteiger partial charge in [0, 0.05) is 25.2 Å². The third-order valence-corrected chi connectivity index (χ3v) is 3.45. The van der Waals surface area contributed by atoms with E-state index in [1.54, 1.807) is 18.2 Å². The molecule has 27 heavy (non-hydrogen) atoms. The van der Waals surface area contributed by atoms with Gasteiger partial charge in [-0.05, 0) is 30.3 Å². The molecular weight excluding hydrogens is 363 g/mol. The Kier molecular flexibility index (Phi) is 6.17. The number of anilines is 3. The van der Waals surface area contributed by atoms with Crippen molar-refractivity contribution in [2.24, 2.45) is 0 Å². The van der Waals surface area contributed by atoms with E-state index in [0.29, 0.717) is 22.3 Å². The summed E-state index contributed by atoms with van der Waals surface area (Å²) in [6, 6.07) is 7.75. The van der Waals surface area contributed by atoms with Gasteiger partial charge in [0.05, 0.1) is 5.69 Å². The molecule has 3 amide bonds. The van der Waals surface area contributed by atoms with Crippen LogP contribution in [0.5, 0.6) is 0 Å². The van der Waals surface area contributed by atoms with Gasteiger partial charge in [-0.3, -0.25) is 14.4 Å². The molecular formula is C18H16F3N3O3. The summed E-state index contributed by atoms with van der Waals surface area (Å²) in [5, 5.41) is 5.02. The quantitative estimate of drug-likeness (QED) is 0.784. The Bertz CT molecular complexity index is 903. The summed E-state index contributed by atoms with van der Waals surface area (Å²) in [7, 11) is 0. The molecule has 2 N–H and O–H groups in total. The second-order valence-corrected chi connectivity index (χ2v) is 5.61. The summed E-state index contributed by atoms with van der Waals surface area (Å²) in [5.41, 5.74) is 0.208. The number of carbonyl (C=O) groups excluding carboxylic acids is 3. The van der Waals surface area contributed by atoms with Crippen LogP contribution < -0.4 is 15.5 Å². The van der Waals surface area contributed by atoms with E-state index in [1.807, 2.05) is 0 Å². The van der Waals surface area contributed by atoms with Gasteiger partial charge in [-0.15, -0.1) is 0 Å². The fourth-order valence-corrected chi connectivity index (χ4v) is 2.31. The summed E-state index contributed by atoms with van der Waals surface area (Å²) in [5.74, 6) is -6.43. The highest BCUT2D eigenvalue weighted by molar-refractivity contribution is 6.02. The van der Waals surface area contributed by atoms with Crippen molar-refractivity contribution in [2.75, 3.05) is 22.1 Å². The molecule has 0 aliphatic rings. The Morgan fingerprint density at radius 2 is 1.56 bits per heavy atom. The van der Waals surface area contributed by atoms with E-state index in [1.165, 1.54) is 13.0 Å². The number of hydrogen-bond acceptors (Lipinski definition) is 3. The second kappa shape index (κ2) is 8.35. The largest absolute Gasteiger partial charge is 0.326 e. The molecule has 0 unspecified atom stereocenters. The Hall–Kier alpha value is -3.36. The maximum Gasteiger partial charge on any atom is 0.244 e. The molecule has 2 aromatic rings. The van der Waals surface area contributed by atoms with Crippen LogP contribution in [0.1, 0.15) is 13.8 Å². The lowest BCUT2D eigenvalue weighted by Gasteiger charge is -2.21. The molecule has 0 aliphatic carbocycles. The predicted octanol–water partition coefficient (Wildman–Crippen LogP) is 3.05. The van der Waals surface area contributed by atoms with Crippen molar-refractivity contribution in [1.82, 2.24) is 0 Å². The van der Waals surface area contributed by atoms with Crippen molar-refractivity contribution < 1.29 is 27.6 Å². The minimum absolute atomic E-state index is 0.296. The number of benzene rings is 2. The summed E-state index contributed by atoms with van der Waals surface area (Å²) in [4.78, 5) is 35.7. The lowest BCUT2D eigenvalue weighted by molar-refractivity contribution is -0.120. The maximum atomic E-state index is 13.9. The molecule has 0 aliphatic heterocycles. The fourth-order valence-electron chi connectivity index (χ4n) is 2.31. The van der Waals surface area contributed by atoms with Crippen LogP contribution in [0.15, 0.2) is 36.4 Å². The number of amides is 3. The third-order valence-electron chi connectivity index (χ3n) is 3.45. The van der Waals surface area contributed by atoms with Crippen LogP contribution in [0.2, 0.25) is 0 Å². The zero-order valence-electron chi connectivity index (χ0n) is 14.5. The first-order chi connectivity index (χ1) is 12.7. The summed E-state index contributed by atoms with van der Waals surface area (Å²) >= 11 is 0. The number of halogens is 3. The number of nitrogens with zero attached hydrogens (tertiary/aromatic N) is 1. The number of rotatable bonds is 5. The number of hydrogen-bond donors (Lipinski definition) is 2. The van der Waals surface area contributed by atoms with E-state index in [-0.39, 0.29) is 5.91 Å². The molecule has 0 spiro atoms. The molecule has 0 bridgehead atoms. The van der Waals surface area contributed by atoms with Crippen molar-refractivity contribution in [3.8, 4) is 0 Å². The van der Waals surface area contributed by atoms with Gasteiger partial charge in [-0.25, -0.2) is 13.2 Å². The molecule has 2 aromatic carbocycles. The van der Waals surface area contributed by atoms with Gasteiger partial charge in [0.1, 0.15) is 6.54 Å². The standard InChI is InChI=1S/C18H16F3N3O3/c1-10(25)22-12-4-3-5-13(8-12)23-16(27)9-24(11(2)26)15-7-6-14(19)17(20)18(15)21/h3-8H,9H2,1-2H3,(H,22,25)(H,23,27). The topological polar surface area (TPSA) is 78.5 Å². The van der Waals surface area contributed by atoms with E-state index in [0.717, 1.165) is 13.0 Å². The smallest absolute Gasteiger partial charge is 0.244 e. The molecule has 0 radical (unpaired) electrons. The van der Waals surface area contributed by atoms with Crippen LogP contribution in [0, 0.1) is 17.5 Å². The number of nitrogens with one attached hydrogen (secondary N) is 2. The minimum Gasteiger partial charge on any atom is -0.326 e. The van der Waals surface area contributed by atoms with E-state index in [4.69, 9.17) is 0 Å². The van der Waals surface area contributed by atoms with Gasteiger partial charge in [-0.1, -0.05) is 6.07 Å². The summed E-state index contributed by atoms with van der Waals surface area (Å²) in [6.45, 7) is 1.76. The van der Waals surface area contributed by atoms with Crippen LogP contribution in [0.3, 0.4) is 0 Å². The monoisotopic (exact) mass is 379 g/mol. The van der Waals surface area contributed by atoms with Gasteiger partial charge < -0.3 is 15.5 Å². The molecule has 0 fully saturated rings. The van der Waals surface area contributed by atoms with Crippen LogP contribution >= 0.6 is 0 Å². The van der Waals surface area contributed by atoms with E-state index < -0.39 is 41.5 Å². The normalized spacial score (nSPS) is 10.3. The average Bonchev–Trinajstić information content (AvgIpc) is 2.58. The Balaban J connectivity index is 2.18. The summed E-state index contributed by atoms with van der Waals surface area (Å²) in [6.07, 6.45) is 0. The van der Waals surface area contributed by atoms with Gasteiger partial charge in [0.15, 0.2) is 17.5 Å². The minimum atomic E-state index is -1.73. The highest BCUT2D eigenvalue weighted by Gasteiger charge is 2.23. The first-order valence-electron chi connectivity index (χ1n) is 7.78. The van der Waals surface area contributed by atoms with Crippen molar-refractivity contribution in [3.63, 3.8) is 0 Å². The molecule has 0 atom stereocenters. The Morgan fingerprint density at radius 1 is 0.926 bits per heavy atom. The van der Waals surface area contributed by atoms with Crippen molar-refractivity contribution in [2.45, 2.75) is 13.8 Å². The Morgan fingerprint density at radius 3 is 2.15 bits per heavy atom. The molecule has 6 nitrogen and oxygen atoms in total. The maximum absolute atomic E-state index is 13.9. The molecule has 2 rings (SSSR count). The molecule has 9 heteroatoms. The summed E-state index contributed by atoms with van der Waals surface area (Å²) < 4.78 is 40.4. The predicted molar refractivity (Wildman–Crippen MR) is 93.7 cm³/mol. The van der Waals surface area contributed by atoms with Crippen molar-refractivity contribution in [1.29, 1.82) is 0 Å². The Labute approximate surface area is 153 Å². The average molecular weight is 379 g/mol. The van der Waals surface area contributed by atoms with E-state index in [2.05, 4.69) is 10.6 Å². The lowest BCUT2D eigenvalue weighted by Crippen LogP contribution is -2.37. The fraction of sp³-hybridized carbons (Fsp3) is 0.167. The molecule has 0 saturated heterocycles. The molecule has 0 aromatic heterocycles. The second-order valence-electron chi connectivity index (χ2n) is 5.61. The highest BCUT2D eigenvalue weighted by Crippen LogP contribution is 2.24. The van der Waals surface area contributed by atoms with Gasteiger partial charge in [0.25, 0.3) is 0 Å². The van der Waals surface area contributed by atoms with Crippen LogP contribution in [-0.4, -0.2) is 24.3 Å².